The van der Waals surface area contributed by atoms with Gasteiger partial charge in [0, 0.05) is 25.3 Å². The third-order valence-electron chi connectivity index (χ3n) is 5.40. The van der Waals surface area contributed by atoms with E-state index >= 15 is 0 Å². The van der Waals surface area contributed by atoms with Gasteiger partial charge in [-0.2, -0.15) is 4.31 Å². The van der Waals surface area contributed by atoms with E-state index in [1.807, 2.05) is 37.3 Å². The van der Waals surface area contributed by atoms with Crippen molar-refractivity contribution in [2.45, 2.75) is 44.0 Å². The fourth-order valence-corrected chi connectivity index (χ4v) is 5.18. The van der Waals surface area contributed by atoms with Gasteiger partial charge in [0.05, 0.1) is 11.4 Å². The molecule has 1 fully saturated rings. The SMILES string of the molecule is CCN(CC(=O)Nc1ccc(S(=O)(=O)N2CCCCCC2)cc1)Cc1ccccc1. The molecular weight excluding hydrogens is 398 g/mol. The molecule has 2 aromatic carbocycles. The van der Waals surface area contributed by atoms with Crippen LogP contribution in [0.15, 0.2) is 59.5 Å². The second-order valence-corrected chi connectivity index (χ2v) is 9.62. The summed E-state index contributed by atoms with van der Waals surface area (Å²) >= 11 is 0. The van der Waals surface area contributed by atoms with Gasteiger partial charge in [-0.1, -0.05) is 50.1 Å². The predicted octanol–water partition coefficient (Wildman–Crippen LogP) is 3.71. The molecular formula is C23H31N3O3S. The molecule has 0 aliphatic carbocycles. The molecule has 1 N–H and O–H groups in total. The zero-order chi connectivity index (χ0) is 21.4. The van der Waals surface area contributed by atoms with Crippen molar-refractivity contribution < 1.29 is 13.2 Å². The molecule has 6 nitrogen and oxygen atoms in total. The molecule has 2 aromatic rings. The van der Waals surface area contributed by atoms with E-state index in [9.17, 15) is 13.2 Å². The number of carbonyl (C=O) groups excluding carboxylic acids is 1. The summed E-state index contributed by atoms with van der Waals surface area (Å²) in [7, 11) is -3.48. The van der Waals surface area contributed by atoms with Gasteiger partial charge < -0.3 is 5.32 Å². The maximum Gasteiger partial charge on any atom is 0.243 e. The second kappa shape index (κ2) is 10.7. The fraction of sp³-hybridized carbons (Fsp3) is 0.435. The van der Waals surface area contributed by atoms with Gasteiger partial charge in [0.25, 0.3) is 0 Å². The summed E-state index contributed by atoms with van der Waals surface area (Å²) in [6.45, 7) is 4.93. The van der Waals surface area contributed by atoms with Gasteiger partial charge in [-0.05, 0) is 49.2 Å². The Balaban J connectivity index is 1.58. The first-order valence-corrected chi connectivity index (χ1v) is 12.1. The largest absolute Gasteiger partial charge is 0.325 e. The van der Waals surface area contributed by atoms with Crippen LogP contribution in [0.3, 0.4) is 0 Å². The normalized spacial score (nSPS) is 15.7. The molecule has 0 atom stereocenters. The molecule has 3 rings (SSSR count). The summed E-state index contributed by atoms with van der Waals surface area (Å²) in [5.41, 5.74) is 1.76. The number of hydrogen-bond acceptors (Lipinski definition) is 4. The highest BCUT2D eigenvalue weighted by Crippen LogP contribution is 2.21. The number of nitrogens with one attached hydrogen (secondary N) is 1. The Bertz CT molecular complexity index is 906. The molecule has 1 aliphatic heterocycles. The van der Waals surface area contributed by atoms with Gasteiger partial charge in [-0.3, -0.25) is 9.69 Å². The van der Waals surface area contributed by atoms with Crippen molar-refractivity contribution in [1.82, 2.24) is 9.21 Å². The van der Waals surface area contributed by atoms with Crippen molar-refractivity contribution in [3.63, 3.8) is 0 Å². The van der Waals surface area contributed by atoms with Crippen LogP contribution in [0.25, 0.3) is 0 Å². The van der Waals surface area contributed by atoms with E-state index in [0.717, 1.165) is 37.8 Å². The third-order valence-corrected chi connectivity index (χ3v) is 7.32. The fourth-order valence-electron chi connectivity index (χ4n) is 3.67. The minimum Gasteiger partial charge on any atom is -0.325 e. The van der Waals surface area contributed by atoms with E-state index in [4.69, 9.17) is 0 Å². The molecule has 1 heterocycles. The number of amides is 1. The number of anilines is 1. The highest BCUT2D eigenvalue weighted by molar-refractivity contribution is 7.89. The molecule has 0 spiro atoms. The molecule has 0 radical (unpaired) electrons. The van der Waals surface area contributed by atoms with Gasteiger partial charge in [0.15, 0.2) is 0 Å². The van der Waals surface area contributed by atoms with Crippen molar-refractivity contribution in [3.05, 3.63) is 60.2 Å². The monoisotopic (exact) mass is 429 g/mol. The number of likely N-dealkylation sites (N-methyl/N-ethyl adjacent to an activating group) is 1. The third kappa shape index (κ3) is 6.14. The van der Waals surface area contributed by atoms with Crippen molar-refractivity contribution in [2.75, 3.05) is 31.5 Å². The van der Waals surface area contributed by atoms with E-state index in [1.165, 1.54) is 0 Å². The topological polar surface area (TPSA) is 69.7 Å². The molecule has 0 saturated carbocycles. The highest BCUT2D eigenvalue weighted by Gasteiger charge is 2.25. The Morgan fingerprint density at radius 3 is 2.20 bits per heavy atom. The van der Waals surface area contributed by atoms with Crippen LogP contribution >= 0.6 is 0 Å². The maximum atomic E-state index is 12.9. The van der Waals surface area contributed by atoms with Crippen molar-refractivity contribution in [3.8, 4) is 0 Å². The quantitative estimate of drug-likeness (QED) is 0.694. The Labute approximate surface area is 179 Å². The Morgan fingerprint density at radius 1 is 0.967 bits per heavy atom. The lowest BCUT2D eigenvalue weighted by molar-refractivity contribution is -0.117. The molecule has 7 heteroatoms. The maximum absolute atomic E-state index is 12.9. The first-order chi connectivity index (χ1) is 14.5. The van der Waals surface area contributed by atoms with Crippen LogP contribution in [-0.2, 0) is 21.4 Å². The lowest BCUT2D eigenvalue weighted by atomic mass is 10.2. The van der Waals surface area contributed by atoms with Gasteiger partial charge in [0.1, 0.15) is 0 Å². The van der Waals surface area contributed by atoms with Gasteiger partial charge in [-0.15, -0.1) is 0 Å². The summed E-state index contributed by atoms with van der Waals surface area (Å²) < 4.78 is 27.3. The zero-order valence-electron chi connectivity index (χ0n) is 17.6. The second-order valence-electron chi connectivity index (χ2n) is 7.68. The molecule has 30 heavy (non-hydrogen) atoms. The van der Waals surface area contributed by atoms with Crippen LogP contribution in [-0.4, -0.2) is 49.7 Å². The van der Waals surface area contributed by atoms with Crippen LogP contribution in [0.4, 0.5) is 5.69 Å². The summed E-state index contributed by atoms with van der Waals surface area (Å²) in [6.07, 6.45) is 3.97. The molecule has 0 unspecified atom stereocenters. The van der Waals surface area contributed by atoms with Crippen molar-refractivity contribution >= 4 is 21.6 Å². The van der Waals surface area contributed by atoms with Crippen molar-refractivity contribution in [1.29, 1.82) is 0 Å². The smallest absolute Gasteiger partial charge is 0.243 e. The van der Waals surface area contributed by atoms with Gasteiger partial charge >= 0.3 is 0 Å². The van der Waals surface area contributed by atoms with Crippen LogP contribution < -0.4 is 5.32 Å². The minimum atomic E-state index is -3.48. The number of rotatable bonds is 8. The van der Waals surface area contributed by atoms with Crippen LogP contribution in [0.1, 0.15) is 38.2 Å². The first-order valence-electron chi connectivity index (χ1n) is 10.7. The van der Waals surface area contributed by atoms with Crippen LogP contribution in [0.5, 0.6) is 0 Å². The molecule has 1 amide bonds. The van der Waals surface area contributed by atoms with E-state index in [-0.39, 0.29) is 17.3 Å². The lowest BCUT2D eigenvalue weighted by Gasteiger charge is -2.21. The summed E-state index contributed by atoms with van der Waals surface area (Å²) in [4.78, 5) is 14.8. The van der Waals surface area contributed by atoms with Crippen LogP contribution in [0.2, 0.25) is 0 Å². The molecule has 0 aromatic heterocycles. The Hall–Kier alpha value is -2.22. The van der Waals surface area contributed by atoms with E-state index in [2.05, 4.69) is 10.2 Å². The standard InChI is InChI=1S/C23H31N3O3S/c1-2-25(18-20-10-6-5-7-11-20)19-23(27)24-21-12-14-22(15-13-21)30(28,29)26-16-8-3-4-9-17-26/h5-7,10-15H,2-4,8-9,16-19H2,1H3,(H,24,27). The minimum absolute atomic E-state index is 0.115. The number of carbonyl (C=O) groups is 1. The number of nitrogens with zero attached hydrogens (tertiary/aromatic N) is 2. The molecule has 162 valence electrons. The van der Waals surface area contributed by atoms with Gasteiger partial charge in [0.2, 0.25) is 15.9 Å². The molecule has 0 bridgehead atoms. The summed E-state index contributed by atoms with van der Waals surface area (Å²) in [5.74, 6) is -0.115. The van der Waals surface area contributed by atoms with Gasteiger partial charge in [-0.25, -0.2) is 8.42 Å². The van der Waals surface area contributed by atoms with E-state index < -0.39 is 10.0 Å². The average Bonchev–Trinajstić information content (AvgIpc) is 3.04. The number of hydrogen-bond donors (Lipinski definition) is 1. The summed E-state index contributed by atoms with van der Waals surface area (Å²) in [5, 5.41) is 2.87. The van der Waals surface area contributed by atoms with Crippen molar-refractivity contribution in [2.24, 2.45) is 0 Å². The average molecular weight is 430 g/mol. The number of benzene rings is 2. The highest BCUT2D eigenvalue weighted by atomic mass is 32.2. The Morgan fingerprint density at radius 2 is 1.60 bits per heavy atom. The Kier molecular flexibility index (Phi) is 8.01. The lowest BCUT2D eigenvalue weighted by Crippen LogP contribution is -2.33. The predicted molar refractivity (Wildman–Crippen MR) is 120 cm³/mol. The summed E-state index contributed by atoms with van der Waals surface area (Å²) in [6, 6.07) is 16.5. The zero-order valence-corrected chi connectivity index (χ0v) is 18.4. The van der Waals surface area contributed by atoms with E-state index in [0.29, 0.717) is 25.3 Å². The van der Waals surface area contributed by atoms with E-state index in [1.54, 1.807) is 28.6 Å². The molecule has 1 aliphatic rings. The molecule has 1 saturated heterocycles. The number of sulfonamides is 1. The van der Waals surface area contributed by atoms with Crippen LogP contribution in [0, 0.1) is 0 Å². The first kappa shape index (κ1) is 22.5.